The molecule has 1 amide bonds. The van der Waals surface area contributed by atoms with Crippen LogP contribution in [0.2, 0.25) is 0 Å². The summed E-state index contributed by atoms with van der Waals surface area (Å²) in [7, 11) is 0. The van der Waals surface area contributed by atoms with Crippen molar-refractivity contribution in [3.63, 3.8) is 0 Å². The predicted octanol–water partition coefficient (Wildman–Crippen LogP) is 3.76. The van der Waals surface area contributed by atoms with E-state index < -0.39 is 5.82 Å². The highest BCUT2D eigenvalue weighted by atomic mass is 19.1. The maximum Gasteiger partial charge on any atom is 0.251 e. The molecule has 0 aliphatic carbocycles. The normalized spacial score (nSPS) is 12.0. The second-order valence-corrected chi connectivity index (χ2v) is 4.71. The van der Waals surface area contributed by atoms with Gasteiger partial charge in [-0.1, -0.05) is 18.2 Å². The smallest absolute Gasteiger partial charge is 0.251 e. The summed E-state index contributed by atoms with van der Waals surface area (Å²) in [6.07, 6.45) is 0. The van der Waals surface area contributed by atoms with Gasteiger partial charge in [0.1, 0.15) is 11.6 Å². The van der Waals surface area contributed by atoms with Crippen molar-refractivity contribution in [3.05, 3.63) is 70.8 Å². The molecule has 0 aromatic heterocycles. The first kappa shape index (κ1) is 14.2. The van der Waals surface area contributed by atoms with E-state index in [1.54, 1.807) is 38.1 Å². The first-order valence-corrected chi connectivity index (χ1v) is 6.30. The molecule has 0 saturated carbocycles. The Labute approximate surface area is 116 Å². The number of hydrogen-bond donors (Lipinski definition) is 1. The second-order valence-electron chi connectivity index (χ2n) is 4.71. The van der Waals surface area contributed by atoms with E-state index in [9.17, 15) is 13.6 Å². The van der Waals surface area contributed by atoms with Gasteiger partial charge in [-0.2, -0.15) is 0 Å². The zero-order valence-electron chi connectivity index (χ0n) is 11.3. The topological polar surface area (TPSA) is 29.1 Å². The summed E-state index contributed by atoms with van der Waals surface area (Å²) in [5, 5.41) is 2.75. The summed E-state index contributed by atoms with van der Waals surface area (Å²) in [5.41, 5.74) is 1.54. The summed E-state index contributed by atoms with van der Waals surface area (Å²) in [4.78, 5) is 12.0. The van der Waals surface area contributed by atoms with Crippen LogP contribution in [0.1, 0.15) is 34.5 Å². The van der Waals surface area contributed by atoms with Gasteiger partial charge < -0.3 is 5.32 Å². The van der Waals surface area contributed by atoms with Crippen molar-refractivity contribution < 1.29 is 13.6 Å². The van der Waals surface area contributed by atoms with E-state index >= 15 is 0 Å². The van der Waals surface area contributed by atoms with Crippen LogP contribution in [0, 0.1) is 18.6 Å². The van der Waals surface area contributed by atoms with Crippen molar-refractivity contribution in [2.24, 2.45) is 0 Å². The molecule has 0 heterocycles. The van der Waals surface area contributed by atoms with Gasteiger partial charge >= 0.3 is 0 Å². The van der Waals surface area contributed by atoms with Crippen LogP contribution in [0.15, 0.2) is 42.5 Å². The molecule has 2 rings (SSSR count). The summed E-state index contributed by atoms with van der Waals surface area (Å²) in [6.45, 7) is 3.42. The number of rotatable bonds is 3. The molecular weight excluding hydrogens is 260 g/mol. The molecule has 104 valence electrons. The third-order valence-electron chi connectivity index (χ3n) is 3.15. The van der Waals surface area contributed by atoms with Gasteiger partial charge in [0, 0.05) is 5.56 Å². The maximum atomic E-state index is 13.4. The van der Waals surface area contributed by atoms with Crippen LogP contribution >= 0.6 is 0 Å². The largest absolute Gasteiger partial charge is 0.346 e. The molecule has 2 aromatic rings. The fourth-order valence-corrected chi connectivity index (χ4v) is 1.85. The minimum Gasteiger partial charge on any atom is -0.346 e. The van der Waals surface area contributed by atoms with E-state index in [0.717, 1.165) is 5.56 Å². The van der Waals surface area contributed by atoms with Gasteiger partial charge in [-0.15, -0.1) is 0 Å². The van der Waals surface area contributed by atoms with Crippen LogP contribution in [0.4, 0.5) is 8.78 Å². The molecule has 1 atom stereocenters. The van der Waals surface area contributed by atoms with Crippen LogP contribution in [0.3, 0.4) is 0 Å². The van der Waals surface area contributed by atoms with Gasteiger partial charge in [-0.05, 0) is 49.2 Å². The predicted molar refractivity (Wildman–Crippen MR) is 73.4 cm³/mol. The van der Waals surface area contributed by atoms with E-state index in [2.05, 4.69) is 5.32 Å². The van der Waals surface area contributed by atoms with Crippen LogP contribution in [-0.4, -0.2) is 5.91 Å². The number of hydrogen-bond acceptors (Lipinski definition) is 1. The summed E-state index contributed by atoms with van der Waals surface area (Å²) >= 11 is 0. The lowest BCUT2D eigenvalue weighted by atomic mass is 10.1. The zero-order valence-corrected chi connectivity index (χ0v) is 11.3. The Kier molecular flexibility index (Phi) is 4.13. The van der Waals surface area contributed by atoms with Crippen molar-refractivity contribution in [2.75, 3.05) is 0 Å². The highest BCUT2D eigenvalue weighted by molar-refractivity contribution is 5.94. The maximum absolute atomic E-state index is 13.4. The minimum atomic E-state index is -0.410. The van der Waals surface area contributed by atoms with Gasteiger partial charge in [0.2, 0.25) is 0 Å². The molecule has 2 nitrogen and oxygen atoms in total. The molecule has 0 radical (unpaired) electrons. The number of carbonyl (C=O) groups is 1. The number of amides is 1. The molecule has 0 aliphatic heterocycles. The number of benzene rings is 2. The van der Waals surface area contributed by atoms with Gasteiger partial charge in [-0.3, -0.25) is 4.79 Å². The first-order chi connectivity index (χ1) is 9.47. The molecule has 1 N–H and O–H groups in total. The molecule has 0 unspecified atom stereocenters. The van der Waals surface area contributed by atoms with Crippen LogP contribution in [0.5, 0.6) is 0 Å². The Morgan fingerprint density at radius 2 is 1.75 bits per heavy atom. The van der Waals surface area contributed by atoms with E-state index in [1.807, 2.05) is 0 Å². The average Bonchev–Trinajstić information content (AvgIpc) is 2.42. The molecule has 20 heavy (non-hydrogen) atoms. The summed E-state index contributed by atoms with van der Waals surface area (Å²) < 4.78 is 26.3. The fraction of sp³-hybridized carbons (Fsp3) is 0.188. The fourth-order valence-electron chi connectivity index (χ4n) is 1.85. The van der Waals surface area contributed by atoms with E-state index in [1.165, 1.54) is 18.2 Å². The van der Waals surface area contributed by atoms with Crippen molar-refractivity contribution in [3.8, 4) is 0 Å². The van der Waals surface area contributed by atoms with Crippen LogP contribution in [-0.2, 0) is 0 Å². The van der Waals surface area contributed by atoms with Gasteiger partial charge in [-0.25, -0.2) is 8.78 Å². The highest BCUT2D eigenvalue weighted by Gasteiger charge is 2.12. The lowest BCUT2D eigenvalue weighted by Crippen LogP contribution is -2.26. The first-order valence-electron chi connectivity index (χ1n) is 6.30. The van der Waals surface area contributed by atoms with E-state index in [-0.39, 0.29) is 23.3 Å². The lowest BCUT2D eigenvalue weighted by molar-refractivity contribution is 0.0939. The van der Waals surface area contributed by atoms with Crippen LogP contribution in [0.25, 0.3) is 0 Å². The van der Waals surface area contributed by atoms with Crippen molar-refractivity contribution in [1.29, 1.82) is 0 Å². The Balaban J connectivity index is 2.10. The Bertz CT molecular complexity index is 623. The summed E-state index contributed by atoms with van der Waals surface area (Å²) in [6, 6.07) is 9.95. The molecule has 0 bridgehead atoms. The zero-order chi connectivity index (χ0) is 14.7. The number of nitrogens with one attached hydrogen (secondary N) is 1. The molecule has 0 fully saturated rings. The van der Waals surface area contributed by atoms with Gasteiger partial charge in [0.15, 0.2) is 0 Å². The third-order valence-corrected chi connectivity index (χ3v) is 3.15. The van der Waals surface area contributed by atoms with Gasteiger partial charge in [0.05, 0.1) is 6.04 Å². The molecule has 4 heteroatoms. The Morgan fingerprint density at radius 3 is 2.35 bits per heavy atom. The number of halogens is 2. The molecule has 0 spiro atoms. The van der Waals surface area contributed by atoms with E-state index in [4.69, 9.17) is 0 Å². The SMILES string of the molecule is Cc1ccc(C(=O)N[C@@H](C)c2ccc(F)cc2)cc1F. The number of aryl methyl sites for hydroxylation is 1. The van der Waals surface area contributed by atoms with Crippen molar-refractivity contribution in [2.45, 2.75) is 19.9 Å². The van der Waals surface area contributed by atoms with E-state index in [0.29, 0.717) is 5.56 Å². The highest BCUT2D eigenvalue weighted by Crippen LogP contribution is 2.15. The Morgan fingerprint density at radius 1 is 1.10 bits per heavy atom. The average molecular weight is 275 g/mol. The molecule has 2 aromatic carbocycles. The molecule has 0 saturated heterocycles. The minimum absolute atomic E-state index is 0.266. The second kappa shape index (κ2) is 5.82. The molecule has 0 aliphatic rings. The standard InChI is InChI=1S/C16H15F2NO/c1-10-3-4-13(9-15(10)18)16(20)19-11(2)12-5-7-14(17)8-6-12/h3-9,11H,1-2H3,(H,19,20)/t11-/m0/s1. The van der Waals surface area contributed by atoms with Gasteiger partial charge in [0.25, 0.3) is 5.91 Å². The van der Waals surface area contributed by atoms with Crippen LogP contribution < -0.4 is 5.32 Å². The number of carbonyl (C=O) groups excluding carboxylic acids is 1. The third kappa shape index (κ3) is 3.20. The Hall–Kier alpha value is -2.23. The van der Waals surface area contributed by atoms with Crippen molar-refractivity contribution >= 4 is 5.91 Å². The lowest BCUT2D eigenvalue weighted by Gasteiger charge is -2.14. The monoisotopic (exact) mass is 275 g/mol. The summed E-state index contributed by atoms with van der Waals surface area (Å²) in [5.74, 6) is -1.10. The quantitative estimate of drug-likeness (QED) is 0.907. The molecular formula is C16H15F2NO. The van der Waals surface area contributed by atoms with Crippen molar-refractivity contribution in [1.82, 2.24) is 5.32 Å².